The summed E-state index contributed by atoms with van der Waals surface area (Å²) in [7, 11) is 1.28. The molecule has 0 spiro atoms. The largest absolute Gasteiger partial charge is 0.468 e. The maximum atomic E-state index is 13.3. The molecule has 1 N–H and O–H groups in total. The Kier molecular flexibility index (Phi) is 8.44. The van der Waals surface area contributed by atoms with Crippen LogP contribution in [0.4, 0.5) is 0 Å². The third-order valence-electron chi connectivity index (χ3n) is 6.59. The monoisotopic (exact) mass is 506 g/mol. The fourth-order valence-electron chi connectivity index (χ4n) is 4.46. The summed E-state index contributed by atoms with van der Waals surface area (Å²) in [6.07, 6.45) is 2.03. The summed E-state index contributed by atoms with van der Waals surface area (Å²) in [6, 6.07) is 27.2. The highest BCUT2D eigenvalue weighted by Gasteiger charge is 2.21. The number of benzene rings is 3. The lowest BCUT2D eigenvalue weighted by Gasteiger charge is -2.20. The molecule has 6 nitrogen and oxygen atoms in total. The molecule has 1 heterocycles. The molecule has 1 aromatic heterocycles. The van der Waals surface area contributed by atoms with E-state index in [1.807, 2.05) is 49.4 Å². The topological polar surface area (TPSA) is 85.4 Å². The molecule has 0 unspecified atom stereocenters. The van der Waals surface area contributed by atoms with Crippen molar-refractivity contribution >= 4 is 17.7 Å². The number of ether oxygens (including phenoxy) is 1. The molecule has 6 heteroatoms. The number of pyridine rings is 1. The van der Waals surface area contributed by atoms with Crippen LogP contribution in [0.2, 0.25) is 0 Å². The zero-order chi connectivity index (χ0) is 27.1. The summed E-state index contributed by atoms with van der Waals surface area (Å²) in [5, 5.41) is 2.53. The number of methoxy groups -OCH3 is 1. The fraction of sp³-hybridized carbons (Fsp3) is 0.188. The van der Waals surface area contributed by atoms with Crippen LogP contribution in [0.25, 0.3) is 11.1 Å². The highest BCUT2D eigenvalue weighted by Crippen LogP contribution is 2.33. The minimum absolute atomic E-state index is 0.0777. The van der Waals surface area contributed by atoms with E-state index in [1.54, 1.807) is 24.4 Å². The number of aromatic nitrogens is 1. The Morgan fingerprint density at radius 3 is 2.13 bits per heavy atom. The van der Waals surface area contributed by atoms with Crippen LogP contribution in [0.3, 0.4) is 0 Å². The summed E-state index contributed by atoms with van der Waals surface area (Å²) in [4.78, 5) is 41.0. The molecule has 0 saturated carbocycles. The Labute approximate surface area is 222 Å². The molecule has 0 saturated heterocycles. The van der Waals surface area contributed by atoms with Crippen LogP contribution in [0, 0.1) is 13.8 Å². The van der Waals surface area contributed by atoms with E-state index in [0.717, 1.165) is 33.5 Å². The smallest absolute Gasteiger partial charge is 0.325 e. The molecule has 0 aliphatic rings. The Bertz CT molecular complexity index is 1440. The van der Waals surface area contributed by atoms with Gasteiger partial charge < -0.3 is 10.1 Å². The second-order valence-electron chi connectivity index (χ2n) is 9.18. The Hall–Kier alpha value is -4.58. The van der Waals surface area contributed by atoms with Gasteiger partial charge in [0.1, 0.15) is 6.54 Å². The first-order valence-corrected chi connectivity index (χ1v) is 12.4. The van der Waals surface area contributed by atoms with Gasteiger partial charge in [0.15, 0.2) is 5.78 Å². The van der Waals surface area contributed by atoms with Gasteiger partial charge in [0, 0.05) is 35.4 Å². The van der Waals surface area contributed by atoms with E-state index in [0.29, 0.717) is 17.5 Å². The standard InChI is InChI=1S/C32H30N2O4/c1-21-6-4-5-7-28(21)29(19-30(35)27-16-17-33-22(2)18-27)25-12-8-23(9-13-25)24-10-14-26(15-11-24)32(37)34-20-31(36)38-3/h4-18,29H,19-20H2,1-3H3,(H,34,37)/t29-/m1/s1. The van der Waals surface area contributed by atoms with Crippen LogP contribution in [0.5, 0.6) is 0 Å². The molecule has 0 bridgehead atoms. The summed E-state index contributed by atoms with van der Waals surface area (Å²) in [5.74, 6) is -0.856. The lowest BCUT2D eigenvalue weighted by molar-refractivity contribution is -0.139. The van der Waals surface area contributed by atoms with Gasteiger partial charge in [0.25, 0.3) is 5.91 Å². The molecule has 0 aliphatic heterocycles. The zero-order valence-corrected chi connectivity index (χ0v) is 21.7. The average Bonchev–Trinajstić information content (AvgIpc) is 2.95. The van der Waals surface area contributed by atoms with Crippen molar-refractivity contribution in [2.75, 3.05) is 13.7 Å². The van der Waals surface area contributed by atoms with Crippen LogP contribution >= 0.6 is 0 Å². The first kappa shape index (κ1) is 26.5. The number of nitrogens with zero attached hydrogens (tertiary/aromatic N) is 1. The van der Waals surface area contributed by atoms with Gasteiger partial charge in [-0.05, 0) is 65.9 Å². The van der Waals surface area contributed by atoms with Gasteiger partial charge in [-0.2, -0.15) is 0 Å². The van der Waals surface area contributed by atoms with Gasteiger partial charge in [0.2, 0.25) is 0 Å². The third-order valence-corrected chi connectivity index (χ3v) is 6.59. The number of ketones is 1. The fourth-order valence-corrected chi connectivity index (χ4v) is 4.46. The second-order valence-corrected chi connectivity index (χ2v) is 9.18. The number of hydrogen-bond acceptors (Lipinski definition) is 5. The minimum Gasteiger partial charge on any atom is -0.468 e. The molecule has 192 valence electrons. The van der Waals surface area contributed by atoms with E-state index in [9.17, 15) is 14.4 Å². The van der Waals surface area contributed by atoms with Crippen LogP contribution < -0.4 is 5.32 Å². The number of nitrogens with one attached hydrogen (secondary N) is 1. The van der Waals surface area contributed by atoms with E-state index in [-0.39, 0.29) is 24.2 Å². The summed E-state index contributed by atoms with van der Waals surface area (Å²) in [5.41, 5.74) is 7.22. The lowest BCUT2D eigenvalue weighted by Crippen LogP contribution is -2.30. The normalized spacial score (nSPS) is 11.4. The minimum atomic E-state index is -0.503. The Morgan fingerprint density at radius 2 is 1.50 bits per heavy atom. The first-order valence-electron chi connectivity index (χ1n) is 12.4. The third kappa shape index (κ3) is 6.40. The highest BCUT2D eigenvalue weighted by molar-refractivity contribution is 5.97. The lowest BCUT2D eigenvalue weighted by atomic mass is 9.83. The summed E-state index contributed by atoms with van der Waals surface area (Å²) < 4.78 is 4.55. The highest BCUT2D eigenvalue weighted by atomic mass is 16.5. The van der Waals surface area contributed by atoms with Crippen LogP contribution in [-0.4, -0.2) is 36.3 Å². The van der Waals surface area contributed by atoms with Crippen LogP contribution in [-0.2, 0) is 9.53 Å². The van der Waals surface area contributed by atoms with Crippen LogP contribution in [0.15, 0.2) is 91.1 Å². The van der Waals surface area contributed by atoms with E-state index in [4.69, 9.17) is 0 Å². The number of Topliss-reactive ketones (excluding diaryl/α,β-unsaturated/α-hetero) is 1. The van der Waals surface area contributed by atoms with Gasteiger partial charge in [0.05, 0.1) is 7.11 Å². The van der Waals surface area contributed by atoms with Crippen molar-refractivity contribution in [3.05, 3.63) is 125 Å². The molecule has 4 rings (SSSR count). The van der Waals surface area contributed by atoms with E-state index < -0.39 is 5.97 Å². The number of rotatable bonds is 9. The summed E-state index contributed by atoms with van der Waals surface area (Å²) >= 11 is 0. The van der Waals surface area contributed by atoms with Gasteiger partial charge >= 0.3 is 5.97 Å². The second kappa shape index (κ2) is 12.1. The predicted octanol–water partition coefficient (Wildman–Crippen LogP) is 5.67. The van der Waals surface area contributed by atoms with Crippen molar-refractivity contribution in [2.45, 2.75) is 26.2 Å². The predicted molar refractivity (Wildman–Crippen MR) is 147 cm³/mol. The summed E-state index contributed by atoms with van der Waals surface area (Å²) in [6.45, 7) is 3.78. The van der Waals surface area contributed by atoms with Crippen molar-refractivity contribution in [3.8, 4) is 11.1 Å². The maximum absolute atomic E-state index is 13.3. The van der Waals surface area contributed by atoms with Crippen molar-refractivity contribution in [1.82, 2.24) is 10.3 Å². The van der Waals surface area contributed by atoms with Gasteiger partial charge in [-0.1, -0.05) is 60.7 Å². The average molecular weight is 507 g/mol. The number of esters is 1. The molecule has 0 aliphatic carbocycles. The van der Waals surface area contributed by atoms with Gasteiger partial charge in [-0.15, -0.1) is 0 Å². The van der Waals surface area contributed by atoms with Gasteiger partial charge in [-0.3, -0.25) is 19.4 Å². The first-order chi connectivity index (χ1) is 18.4. The van der Waals surface area contributed by atoms with E-state index >= 15 is 0 Å². The van der Waals surface area contributed by atoms with E-state index in [2.05, 4.69) is 46.2 Å². The number of carbonyl (C=O) groups excluding carboxylic acids is 3. The number of hydrogen-bond donors (Lipinski definition) is 1. The molecule has 1 atom stereocenters. The molecule has 0 radical (unpaired) electrons. The maximum Gasteiger partial charge on any atom is 0.325 e. The Balaban J connectivity index is 1.56. The molecular formula is C32H30N2O4. The Morgan fingerprint density at radius 1 is 0.842 bits per heavy atom. The number of carbonyl (C=O) groups is 3. The quantitative estimate of drug-likeness (QED) is 0.233. The zero-order valence-electron chi connectivity index (χ0n) is 21.7. The van der Waals surface area contributed by atoms with Crippen LogP contribution in [0.1, 0.15) is 55.4 Å². The molecular weight excluding hydrogens is 476 g/mol. The molecule has 3 aromatic carbocycles. The molecule has 0 fully saturated rings. The SMILES string of the molecule is COC(=O)CNC(=O)c1ccc(-c2ccc([C@@H](CC(=O)c3ccnc(C)c3)c3ccccc3C)cc2)cc1. The van der Waals surface area contributed by atoms with Crippen molar-refractivity contribution < 1.29 is 19.1 Å². The van der Waals surface area contributed by atoms with Gasteiger partial charge in [-0.25, -0.2) is 0 Å². The molecule has 4 aromatic rings. The number of amides is 1. The molecule has 1 amide bonds. The number of aryl methyl sites for hydroxylation is 2. The van der Waals surface area contributed by atoms with Crippen molar-refractivity contribution in [2.24, 2.45) is 0 Å². The van der Waals surface area contributed by atoms with Crippen molar-refractivity contribution in [1.29, 1.82) is 0 Å². The van der Waals surface area contributed by atoms with E-state index in [1.165, 1.54) is 7.11 Å². The molecule has 38 heavy (non-hydrogen) atoms. The van der Waals surface area contributed by atoms with Crippen molar-refractivity contribution in [3.63, 3.8) is 0 Å².